The van der Waals surface area contributed by atoms with E-state index in [1.54, 1.807) is 18.6 Å². The molecule has 0 bridgehead atoms. The molecule has 1 unspecified atom stereocenters. The molecule has 96 valence electrons. The Morgan fingerprint density at radius 1 is 1.37 bits per heavy atom. The van der Waals surface area contributed by atoms with Gasteiger partial charge in [-0.3, -0.25) is 4.98 Å². The molecule has 0 aliphatic carbocycles. The van der Waals surface area contributed by atoms with E-state index in [0.717, 1.165) is 11.1 Å². The second-order valence-electron chi connectivity index (χ2n) is 4.21. The van der Waals surface area contributed by atoms with Crippen LogP contribution in [0, 0.1) is 18.3 Å². The van der Waals surface area contributed by atoms with Gasteiger partial charge in [-0.05, 0) is 37.1 Å². The van der Waals surface area contributed by atoms with Gasteiger partial charge in [0.05, 0.1) is 16.6 Å². The third kappa shape index (κ3) is 2.83. The number of aromatic nitrogens is 2. The van der Waals surface area contributed by atoms with E-state index >= 15 is 0 Å². The SMILES string of the molecule is Cc1c(Cl)cnc(NC(C)c2ccncc2)c1C#N. The van der Waals surface area contributed by atoms with Crippen LogP contribution < -0.4 is 5.32 Å². The average molecular weight is 273 g/mol. The second kappa shape index (κ2) is 5.68. The third-order valence-corrected chi connectivity index (χ3v) is 3.33. The highest BCUT2D eigenvalue weighted by molar-refractivity contribution is 6.31. The summed E-state index contributed by atoms with van der Waals surface area (Å²) in [5.41, 5.74) is 2.30. The van der Waals surface area contributed by atoms with Gasteiger partial charge in [-0.1, -0.05) is 11.6 Å². The van der Waals surface area contributed by atoms with E-state index in [1.165, 1.54) is 0 Å². The van der Waals surface area contributed by atoms with Crippen molar-refractivity contribution < 1.29 is 0 Å². The molecule has 4 nitrogen and oxygen atoms in total. The van der Waals surface area contributed by atoms with Crippen molar-refractivity contribution in [3.05, 3.63) is 52.4 Å². The maximum Gasteiger partial charge on any atom is 0.144 e. The molecular weight excluding hydrogens is 260 g/mol. The minimum atomic E-state index is 0.0307. The molecular formula is C14H13ClN4. The highest BCUT2D eigenvalue weighted by Crippen LogP contribution is 2.26. The van der Waals surface area contributed by atoms with Gasteiger partial charge in [0.25, 0.3) is 0 Å². The van der Waals surface area contributed by atoms with E-state index in [2.05, 4.69) is 21.4 Å². The lowest BCUT2D eigenvalue weighted by Gasteiger charge is -2.16. The standard InChI is InChI=1S/C14H13ClN4/c1-9-12(7-16)14(18-8-13(9)15)19-10(2)11-3-5-17-6-4-11/h3-6,8,10H,1-2H3,(H,18,19). The predicted octanol–water partition coefficient (Wildman–Crippen LogP) is 3.48. The topological polar surface area (TPSA) is 61.6 Å². The Morgan fingerprint density at radius 2 is 2.05 bits per heavy atom. The number of nitriles is 1. The van der Waals surface area contributed by atoms with E-state index < -0.39 is 0 Å². The van der Waals surface area contributed by atoms with Gasteiger partial charge in [0.1, 0.15) is 11.9 Å². The molecule has 0 saturated carbocycles. The van der Waals surface area contributed by atoms with Crippen LogP contribution in [0.5, 0.6) is 0 Å². The number of nitrogens with zero attached hydrogens (tertiary/aromatic N) is 3. The quantitative estimate of drug-likeness (QED) is 0.929. The minimum absolute atomic E-state index is 0.0307. The van der Waals surface area contributed by atoms with Crippen LogP contribution in [-0.2, 0) is 0 Å². The Labute approximate surface area is 117 Å². The molecule has 0 radical (unpaired) electrons. The number of anilines is 1. The number of nitrogens with one attached hydrogen (secondary N) is 1. The van der Waals surface area contributed by atoms with Crippen molar-refractivity contribution in [2.75, 3.05) is 5.32 Å². The Morgan fingerprint density at radius 3 is 2.68 bits per heavy atom. The van der Waals surface area contributed by atoms with Gasteiger partial charge in [0.2, 0.25) is 0 Å². The van der Waals surface area contributed by atoms with E-state index in [4.69, 9.17) is 11.6 Å². The molecule has 19 heavy (non-hydrogen) atoms. The van der Waals surface area contributed by atoms with Crippen LogP contribution in [0.3, 0.4) is 0 Å². The van der Waals surface area contributed by atoms with Crippen LogP contribution in [0.2, 0.25) is 5.02 Å². The number of hydrogen-bond donors (Lipinski definition) is 1. The van der Waals surface area contributed by atoms with E-state index in [0.29, 0.717) is 16.4 Å². The number of hydrogen-bond acceptors (Lipinski definition) is 4. The number of halogens is 1. The van der Waals surface area contributed by atoms with Crippen molar-refractivity contribution in [1.82, 2.24) is 9.97 Å². The van der Waals surface area contributed by atoms with E-state index in [-0.39, 0.29) is 6.04 Å². The van der Waals surface area contributed by atoms with E-state index in [1.807, 2.05) is 26.0 Å². The molecule has 0 aromatic carbocycles. The smallest absolute Gasteiger partial charge is 0.144 e. The van der Waals surface area contributed by atoms with Gasteiger partial charge in [-0.15, -0.1) is 0 Å². The maximum atomic E-state index is 9.21. The monoisotopic (exact) mass is 272 g/mol. The molecule has 0 aliphatic rings. The Kier molecular flexibility index (Phi) is 3.98. The molecule has 2 aromatic rings. The molecule has 1 atom stereocenters. The predicted molar refractivity (Wildman–Crippen MR) is 75.0 cm³/mol. The lowest BCUT2D eigenvalue weighted by molar-refractivity contribution is 0.869. The summed E-state index contributed by atoms with van der Waals surface area (Å²) in [6, 6.07) is 6.02. The van der Waals surface area contributed by atoms with Crippen LogP contribution in [0.25, 0.3) is 0 Å². The lowest BCUT2D eigenvalue weighted by Crippen LogP contribution is -2.10. The second-order valence-corrected chi connectivity index (χ2v) is 4.62. The van der Waals surface area contributed by atoms with Gasteiger partial charge in [-0.25, -0.2) is 4.98 Å². The summed E-state index contributed by atoms with van der Waals surface area (Å²) in [7, 11) is 0. The number of rotatable bonds is 3. The van der Waals surface area contributed by atoms with Gasteiger partial charge in [-0.2, -0.15) is 5.26 Å². The summed E-state index contributed by atoms with van der Waals surface area (Å²) >= 11 is 5.97. The first-order valence-corrected chi connectivity index (χ1v) is 6.23. The first-order valence-electron chi connectivity index (χ1n) is 5.85. The summed E-state index contributed by atoms with van der Waals surface area (Å²) in [5.74, 6) is 0.550. The minimum Gasteiger partial charge on any atom is -0.362 e. The third-order valence-electron chi connectivity index (χ3n) is 2.95. The summed E-state index contributed by atoms with van der Waals surface area (Å²) in [6.45, 7) is 3.81. The highest BCUT2D eigenvalue weighted by Gasteiger charge is 2.13. The van der Waals surface area contributed by atoms with E-state index in [9.17, 15) is 5.26 Å². The molecule has 0 fully saturated rings. The van der Waals surface area contributed by atoms with Crippen molar-refractivity contribution >= 4 is 17.4 Å². The molecule has 2 heterocycles. The van der Waals surface area contributed by atoms with Crippen molar-refractivity contribution in [2.45, 2.75) is 19.9 Å². The van der Waals surface area contributed by atoms with Gasteiger partial charge in [0, 0.05) is 18.6 Å². The summed E-state index contributed by atoms with van der Waals surface area (Å²) in [4.78, 5) is 8.18. The summed E-state index contributed by atoms with van der Waals surface area (Å²) in [5, 5.41) is 12.9. The van der Waals surface area contributed by atoms with Crippen LogP contribution in [0.15, 0.2) is 30.7 Å². The largest absolute Gasteiger partial charge is 0.362 e. The molecule has 5 heteroatoms. The van der Waals surface area contributed by atoms with Gasteiger partial charge in [0.15, 0.2) is 0 Å². The fourth-order valence-electron chi connectivity index (χ4n) is 1.77. The van der Waals surface area contributed by atoms with Crippen molar-refractivity contribution in [2.24, 2.45) is 0 Å². The number of pyridine rings is 2. The molecule has 0 saturated heterocycles. The molecule has 2 rings (SSSR count). The lowest BCUT2D eigenvalue weighted by atomic mass is 10.1. The van der Waals surface area contributed by atoms with Gasteiger partial charge >= 0.3 is 0 Å². The van der Waals surface area contributed by atoms with Crippen LogP contribution in [0.1, 0.15) is 29.7 Å². The summed E-state index contributed by atoms with van der Waals surface area (Å²) < 4.78 is 0. The van der Waals surface area contributed by atoms with Crippen molar-refractivity contribution in [3.8, 4) is 6.07 Å². The fourth-order valence-corrected chi connectivity index (χ4v) is 1.91. The molecule has 0 spiro atoms. The van der Waals surface area contributed by atoms with Crippen molar-refractivity contribution in [1.29, 1.82) is 5.26 Å². The summed E-state index contributed by atoms with van der Waals surface area (Å²) in [6.07, 6.45) is 5.03. The molecule has 2 aromatic heterocycles. The molecule has 0 aliphatic heterocycles. The molecule has 1 N–H and O–H groups in total. The van der Waals surface area contributed by atoms with Gasteiger partial charge < -0.3 is 5.32 Å². The molecule has 0 amide bonds. The Balaban J connectivity index is 2.30. The zero-order valence-electron chi connectivity index (χ0n) is 10.7. The van der Waals surface area contributed by atoms with Crippen molar-refractivity contribution in [3.63, 3.8) is 0 Å². The zero-order chi connectivity index (χ0) is 13.8. The normalized spacial score (nSPS) is 11.7. The van der Waals surface area contributed by atoms with Crippen LogP contribution in [-0.4, -0.2) is 9.97 Å². The zero-order valence-corrected chi connectivity index (χ0v) is 11.4. The Hall–Kier alpha value is -2.12. The first kappa shape index (κ1) is 13.3. The van der Waals surface area contributed by atoms with Crippen LogP contribution >= 0.6 is 11.6 Å². The fraction of sp³-hybridized carbons (Fsp3) is 0.214. The van der Waals surface area contributed by atoms with Crippen LogP contribution in [0.4, 0.5) is 5.82 Å². The Bertz CT molecular complexity index is 619. The highest BCUT2D eigenvalue weighted by atomic mass is 35.5. The first-order chi connectivity index (χ1) is 9.13. The average Bonchev–Trinajstić information content (AvgIpc) is 2.44. The maximum absolute atomic E-state index is 9.21.